The van der Waals surface area contributed by atoms with E-state index >= 15 is 0 Å². The summed E-state index contributed by atoms with van der Waals surface area (Å²) in [5, 5.41) is 0. The molecule has 0 aliphatic carbocycles. The summed E-state index contributed by atoms with van der Waals surface area (Å²) in [6.45, 7) is 8.37. The standard InChI is InChI=1S/C22H26N4O2/c1-3-26-19-8-7-17(14-18(19)16(2)22(26)28)20(27)15-24-10-12-25(13-11-24)21-6-4-5-9-23-21/h4-9,14,16H,3,10-13,15H2,1-2H3. The molecule has 0 spiro atoms. The Labute approximate surface area is 165 Å². The molecule has 0 radical (unpaired) electrons. The number of likely N-dealkylation sites (N-methyl/N-ethyl adjacent to an activating group) is 1. The molecule has 146 valence electrons. The highest BCUT2D eigenvalue weighted by atomic mass is 16.2. The van der Waals surface area contributed by atoms with Crippen LogP contribution in [0.3, 0.4) is 0 Å². The van der Waals surface area contributed by atoms with Gasteiger partial charge in [-0.1, -0.05) is 6.07 Å². The number of hydrogen-bond donors (Lipinski definition) is 0. The van der Waals surface area contributed by atoms with Crippen LogP contribution in [-0.2, 0) is 4.79 Å². The van der Waals surface area contributed by atoms with E-state index in [0.29, 0.717) is 18.7 Å². The summed E-state index contributed by atoms with van der Waals surface area (Å²) in [5.41, 5.74) is 2.61. The van der Waals surface area contributed by atoms with E-state index < -0.39 is 0 Å². The van der Waals surface area contributed by atoms with E-state index in [1.807, 2.05) is 56.4 Å². The number of Topliss-reactive ketones (excluding diaryl/α,β-unsaturated/α-hetero) is 1. The molecule has 1 saturated heterocycles. The van der Waals surface area contributed by atoms with E-state index in [1.165, 1.54) is 0 Å². The molecule has 4 rings (SSSR count). The molecule has 1 fully saturated rings. The highest BCUT2D eigenvalue weighted by Crippen LogP contribution is 2.37. The van der Waals surface area contributed by atoms with Gasteiger partial charge < -0.3 is 9.80 Å². The van der Waals surface area contributed by atoms with Gasteiger partial charge in [-0.2, -0.15) is 0 Å². The second kappa shape index (κ2) is 7.72. The summed E-state index contributed by atoms with van der Waals surface area (Å²) in [4.78, 5) is 35.8. The number of anilines is 2. The van der Waals surface area contributed by atoms with Gasteiger partial charge in [0.2, 0.25) is 5.91 Å². The Balaban J connectivity index is 1.40. The molecule has 2 aromatic rings. The predicted octanol–water partition coefficient (Wildman–Crippen LogP) is 2.56. The van der Waals surface area contributed by atoms with E-state index in [0.717, 1.165) is 43.2 Å². The molecular formula is C22H26N4O2. The van der Waals surface area contributed by atoms with Crippen molar-refractivity contribution < 1.29 is 9.59 Å². The Bertz CT molecular complexity index is 875. The molecule has 6 nitrogen and oxygen atoms in total. The lowest BCUT2D eigenvalue weighted by molar-refractivity contribution is -0.118. The lowest BCUT2D eigenvalue weighted by atomic mass is 9.98. The third kappa shape index (κ3) is 3.40. The third-order valence-electron chi connectivity index (χ3n) is 5.77. The lowest BCUT2D eigenvalue weighted by Crippen LogP contribution is -2.48. The first-order chi connectivity index (χ1) is 13.6. The van der Waals surface area contributed by atoms with Gasteiger partial charge in [-0.25, -0.2) is 4.98 Å². The fourth-order valence-corrected chi connectivity index (χ4v) is 4.10. The number of nitrogens with zero attached hydrogens (tertiary/aromatic N) is 4. The van der Waals surface area contributed by atoms with E-state index in [-0.39, 0.29) is 17.6 Å². The van der Waals surface area contributed by atoms with Crippen LogP contribution in [0.15, 0.2) is 42.6 Å². The topological polar surface area (TPSA) is 56.8 Å². The van der Waals surface area contributed by atoms with Gasteiger partial charge in [0, 0.05) is 50.2 Å². The predicted molar refractivity (Wildman–Crippen MR) is 110 cm³/mol. The third-order valence-corrected chi connectivity index (χ3v) is 5.77. The molecule has 1 amide bonds. The molecule has 0 N–H and O–H groups in total. The second-order valence-electron chi connectivity index (χ2n) is 7.45. The summed E-state index contributed by atoms with van der Waals surface area (Å²) in [7, 11) is 0. The van der Waals surface area contributed by atoms with E-state index in [1.54, 1.807) is 4.90 Å². The maximum absolute atomic E-state index is 12.8. The monoisotopic (exact) mass is 378 g/mol. The number of benzene rings is 1. The van der Waals surface area contributed by atoms with E-state index in [4.69, 9.17) is 0 Å². The SMILES string of the molecule is CCN1C(=O)C(C)c2cc(C(=O)CN3CCN(c4ccccn4)CC3)ccc21. The van der Waals surface area contributed by atoms with Crippen LogP contribution >= 0.6 is 0 Å². The first kappa shape index (κ1) is 18.6. The lowest BCUT2D eigenvalue weighted by Gasteiger charge is -2.35. The zero-order valence-corrected chi connectivity index (χ0v) is 16.5. The first-order valence-corrected chi connectivity index (χ1v) is 9.95. The van der Waals surface area contributed by atoms with Crippen molar-refractivity contribution >= 4 is 23.2 Å². The van der Waals surface area contributed by atoms with Gasteiger partial charge in [-0.15, -0.1) is 0 Å². The molecule has 28 heavy (non-hydrogen) atoms. The van der Waals surface area contributed by atoms with E-state index in [2.05, 4.69) is 14.8 Å². The smallest absolute Gasteiger partial charge is 0.234 e. The highest BCUT2D eigenvalue weighted by Gasteiger charge is 2.33. The molecule has 1 atom stereocenters. The normalized spacial score (nSPS) is 19.8. The number of rotatable bonds is 5. The van der Waals surface area contributed by atoms with Crippen LogP contribution in [-0.4, -0.2) is 60.8 Å². The Morgan fingerprint density at radius 1 is 1.14 bits per heavy atom. The number of ketones is 1. The zero-order chi connectivity index (χ0) is 19.7. The number of fused-ring (bicyclic) bond motifs is 1. The van der Waals surface area contributed by atoms with Gasteiger partial charge in [0.1, 0.15) is 5.82 Å². The minimum atomic E-state index is -0.176. The Kier molecular flexibility index (Phi) is 5.13. The van der Waals surface area contributed by atoms with Crippen LogP contribution in [0.1, 0.15) is 35.7 Å². The Morgan fingerprint density at radius 3 is 2.61 bits per heavy atom. The van der Waals surface area contributed by atoms with Gasteiger partial charge in [-0.05, 0) is 49.7 Å². The quantitative estimate of drug-likeness (QED) is 0.749. The number of hydrogen-bond acceptors (Lipinski definition) is 5. The first-order valence-electron chi connectivity index (χ1n) is 9.95. The zero-order valence-electron chi connectivity index (χ0n) is 16.5. The summed E-state index contributed by atoms with van der Waals surface area (Å²) in [6.07, 6.45) is 1.81. The van der Waals surface area contributed by atoms with Gasteiger partial charge in [0.15, 0.2) is 5.78 Å². The number of pyridine rings is 1. The van der Waals surface area contributed by atoms with Crippen LogP contribution in [0.2, 0.25) is 0 Å². The summed E-state index contributed by atoms with van der Waals surface area (Å²) in [6, 6.07) is 11.6. The van der Waals surface area contributed by atoms with Crippen LogP contribution < -0.4 is 9.80 Å². The summed E-state index contributed by atoms with van der Waals surface area (Å²) >= 11 is 0. The maximum Gasteiger partial charge on any atom is 0.234 e. The molecule has 1 aromatic carbocycles. The maximum atomic E-state index is 12.8. The number of amides is 1. The number of aromatic nitrogens is 1. The molecule has 0 saturated carbocycles. The van der Waals surface area contributed by atoms with Gasteiger partial charge in [0.25, 0.3) is 0 Å². The van der Waals surface area contributed by atoms with Crippen LogP contribution in [0.5, 0.6) is 0 Å². The molecule has 6 heteroatoms. The van der Waals surface area contributed by atoms with Crippen molar-refractivity contribution in [2.75, 3.05) is 49.1 Å². The van der Waals surface area contributed by atoms with Crippen molar-refractivity contribution in [2.45, 2.75) is 19.8 Å². The average Bonchev–Trinajstić information content (AvgIpc) is 2.98. The van der Waals surface area contributed by atoms with Gasteiger partial charge in [0.05, 0.1) is 12.5 Å². The van der Waals surface area contributed by atoms with E-state index in [9.17, 15) is 9.59 Å². The minimum Gasteiger partial charge on any atom is -0.354 e. The van der Waals surface area contributed by atoms with Crippen molar-refractivity contribution in [3.8, 4) is 0 Å². The van der Waals surface area contributed by atoms with Crippen molar-refractivity contribution in [3.63, 3.8) is 0 Å². The molecule has 3 heterocycles. The Morgan fingerprint density at radius 2 is 1.93 bits per heavy atom. The largest absolute Gasteiger partial charge is 0.354 e. The van der Waals surface area contributed by atoms with Crippen molar-refractivity contribution in [1.29, 1.82) is 0 Å². The van der Waals surface area contributed by atoms with Crippen molar-refractivity contribution in [2.24, 2.45) is 0 Å². The number of piperazine rings is 1. The van der Waals surface area contributed by atoms with Gasteiger partial charge >= 0.3 is 0 Å². The minimum absolute atomic E-state index is 0.115. The molecule has 0 bridgehead atoms. The molecule has 1 unspecified atom stereocenters. The fourth-order valence-electron chi connectivity index (χ4n) is 4.10. The molecule has 2 aliphatic rings. The molecule has 2 aliphatic heterocycles. The molecule has 1 aromatic heterocycles. The van der Waals surface area contributed by atoms with Crippen LogP contribution in [0.25, 0.3) is 0 Å². The summed E-state index contributed by atoms with van der Waals surface area (Å²) in [5.74, 6) is 1.05. The average molecular weight is 378 g/mol. The second-order valence-corrected chi connectivity index (χ2v) is 7.45. The van der Waals surface area contributed by atoms with Crippen LogP contribution in [0.4, 0.5) is 11.5 Å². The van der Waals surface area contributed by atoms with Crippen LogP contribution in [0, 0.1) is 0 Å². The van der Waals surface area contributed by atoms with Crippen molar-refractivity contribution in [1.82, 2.24) is 9.88 Å². The number of carbonyl (C=O) groups excluding carboxylic acids is 2. The summed E-state index contributed by atoms with van der Waals surface area (Å²) < 4.78 is 0. The fraction of sp³-hybridized carbons (Fsp3) is 0.409. The molecular weight excluding hydrogens is 352 g/mol. The van der Waals surface area contributed by atoms with Crippen molar-refractivity contribution in [3.05, 3.63) is 53.7 Å². The number of carbonyl (C=O) groups is 2. The van der Waals surface area contributed by atoms with Gasteiger partial charge in [-0.3, -0.25) is 14.5 Å². The highest BCUT2D eigenvalue weighted by molar-refractivity contribution is 6.06. The Hall–Kier alpha value is -2.73.